The predicted octanol–water partition coefficient (Wildman–Crippen LogP) is 6.98. The molecule has 2 aliphatic carbocycles. The van der Waals surface area contributed by atoms with Crippen LogP contribution in [0.5, 0.6) is 0 Å². The largest absolute Gasteiger partial charge is 0.390 e. The van der Waals surface area contributed by atoms with E-state index in [1.54, 1.807) is 0 Å². The van der Waals surface area contributed by atoms with Crippen LogP contribution < -0.4 is 0 Å². The minimum atomic E-state index is -0.637. The zero-order valence-corrected chi connectivity index (χ0v) is 22.7. The second-order valence-corrected chi connectivity index (χ2v) is 13.0. The van der Waals surface area contributed by atoms with E-state index in [2.05, 4.69) is 60.3 Å². The molecule has 0 bridgehead atoms. The molecule has 0 saturated heterocycles. The molecule has 0 heterocycles. The number of aliphatic hydroxyl groups excluding tert-OH is 2. The van der Waals surface area contributed by atoms with Gasteiger partial charge in [-0.15, -0.1) is 0 Å². The summed E-state index contributed by atoms with van der Waals surface area (Å²) in [6, 6.07) is 0. The first-order valence-corrected chi connectivity index (χ1v) is 13.3. The Morgan fingerprint density at radius 3 is 2.18 bits per heavy atom. The summed E-state index contributed by atoms with van der Waals surface area (Å²) >= 11 is 0. The summed E-state index contributed by atoms with van der Waals surface area (Å²) in [6.45, 7) is 22.0. The van der Waals surface area contributed by atoms with Gasteiger partial charge in [0.2, 0.25) is 0 Å². The van der Waals surface area contributed by atoms with Crippen molar-refractivity contribution in [3.05, 3.63) is 35.5 Å². The molecule has 2 saturated carbocycles. The Morgan fingerprint density at radius 2 is 1.67 bits per heavy atom. The van der Waals surface area contributed by atoms with E-state index in [1.807, 2.05) is 13.8 Å². The topological polar surface area (TPSA) is 60.7 Å². The van der Waals surface area contributed by atoms with Gasteiger partial charge in [0.1, 0.15) is 0 Å². The van der Waals surface area contributed by atoms with Crippen molar-refractivity contribution in [2.24, 2.45) is 28.6 Å². The van der Waals surface area contributed by atoms with Crippen molar-refractivity contribution < 1.29 is 15.3 Å². The van der Waals surface area contributed by atoms with Crippen molar-refractivity contribution in [2.75, 3.05) is 0 Å². The monoisotopic (exact) mass is 460 g/mol. The van der Waals surface area contributed by atoms with Gasteiger partial charge in [-0.3, -0.25) is 0 Å². The summed E-state index contributed by atoms with van der Waals surface area (Å²) in [4.78, 5) is 0. The van der Waals surface area contributed by atoms with Gasteiger partial charge in [0.25, 0.3) is 0 Å². The predicted molar refractivity (Wildman–Crippen MR) is 140 cm³/mol. The highest BCUT2D eigenvalue weighted by molar-refractivity contribution is 5.28. The van der Waals surface area contributed by atoms with Crippen molar-refractivity contribution in [1.29, 1.82) is 0 Å². The van der Waals surface area contributed by atoms with Crippen LogP contribution in [0.4, 0.5) is 0 Å². The number of hydrogen-bond donors (Lipinski definition) is 3. The van der Waals surface area contributed by atoms with E-state index < -0.39 is 17.8 Å². The van der Waals surface area contributed by atoms with Crippen LogP contribution in [0.25, 0.3) is 0 Å². The van der Waals surface area contributed by atoms with E-state index in [4.69, 9.17) is 0 Å². The SMILES string of the molecule is C=C1C(O)CC(=CC=C(CCC)C2CCC(C(C)C(C)(C)CCC(C)(C)O)C2(C)C)CC1O. The van der Waals surface area contributed by atoms with Crippen LogP contribution in [0.2, 0.25) is 0 Å². The molecule has 33 heavy (non-hydrogen) atoms. The van der Waals surface area contributed by atoms with Gasteiger partial charge in [0.05, 0.1) is 17.8 Å². The molecule has 0 amide bonds. The van der Waals surface area contributed by atoms with Crippen LogP contribution >= 0.6 is 0 Å². The van der Waals surface area contributed by atoms with Crippen molar-refractivity contribution in [3.63, 3.8) is 0 Å². The maximum Gasteiger partial charge on any atom is 0.0809 e. The molecular weight excluding hydrogens is 408 g/mol. The lowest BCUT2D eigenvalue weighted by molar-refractivity contribution is 0.0242. The Kier molecular flexibility index (Phi) is 9.27. The first-order chi connectivity index (χ1) is 15.1. The molecule has 0 aromatic rings. The van der Waals surface area contributed by atoms with Crippen LogP contribution in [0.3, 0.4) is 0 Å². The third kappa shape index (κ3) is 7.05. The Bertz CT molecular complexity index is 718. The Labute approximate surface area is 204 Å². The van der Waals surface area contributed by atoms with E-state index in [0.717, 1.165) is 31.3 Å². The second-order valence-electron chi connectivity index (χ2n) is 13.0. The lowest BCUT2D eigenvalue weighted by Crippen LogP contribution is -2.37. The van der Waals surface area contributed by atoms with Gasteiger partial charge in [-0.05, 0) is 93.0 Å². The smallest absolute Gasteiger partial charge is 0.0809 e. The van der Waals surface area contributed by atoms with Crippen LogP contribution in [0.1, 0.15) is 107 Å². The van der Waals surface area contributed by atoms with Gasteiger partial charge in [0, 0.05) is 0 Å². The molecule has 0 aliphatic heterocycles. The molecular formula is C30H52O3. The van der Waals surface area contributed by atoms with Gasteiger partial charge in [-0.25, -0.2) is 0 Å². The van der Waals surface area contributed by atoms with Gasteiger partial charge in [-0.2, -0.15) is 0 Å². The van der Waals surface area contributed by atoms with Gasteiger partial charge < -0.3 is 15.3 Å². The summed E-state index contributed by atoms with van der Waals surface area (Å²) < 4.78 is 0. The number of aliphatic hydroxyl groups is 3. The fourth-order valence-corrected chi connectivity index (χ4v) is 6.39. The summed E-state index contributed by atoms with van der Waals surface area (Å²) in [6.07, 6.45) is 10.9. The Hall–Kier alpha value is -0.900. The lowest BCUT2D eigenvalue weighted by Gasteiger charge is -2.44. The Balaban J connectivity index is 2.22. The lowest BCUT2D eigenvalue weighted by atomic mass is 9.61. The van der Waals surface area contributed by atoms with E-state index in [0.29, 0.717) is 36.2 Å². The van der Waals surface area contributed by atoms with E-state index in [1.165, 1.54) is 18.4 Å². The highest BCUT2D eigenvalue weighted by atomic mass is 16.3. The fraction of sp³-hybridized carbons (Fsp3) is 0.800. The molecule has 5 atom stereocenters. The molecule has 3 N–H and O–H groups in total. The minimum Gasteiger partial charge on any atom is -0.390 e. The summed E-state index contributed by atoms with van der Waals surface area (Å²) in [7, 11) is 0. The molecule has 3 heteroatoms. The number of rotatable bonds is 9. The van der Waals surface area contributed by atoms with Gasteiger partial charge >= 0.3 is 0 Å². The van der Waals surface area contributed by atoms with Crippen LogP contribution in [-0.2, 0) is 0 Å². The summed E-state index contributed by atoms with van der Waals surface area (Å²) in [5.41, 5.74) is 2.97. The third-order valence-electron chi connectivity index (χ3n) is 9.12. The van der Waals surface area contributed by atoms with Crippen molar-refractivity contribution >= 4 is 0 Å². The first kappa shape index (κ1) is 28.3. The molecule has 0 spiro atoms. The molecule has 2 rings (SSSR count). The highest BCUT2D eigenvalue weighted by Crippen LogP contribution is 2.57. The Morgan fingerprint density at radius 1 is 1.09 bits per heavy atom. The first-order valence-electron chi connectivity index (χ1n) is 13.3. The summed E-state index contributed by atoms with van der Waals surface area (Å²) in [5.74, 6) is 1.78. The summed E-state index contributed by atoms with van der Waals surface area (Å²) in [5, 5.41) is 30.7. The quantitative estimate of drug-likeness (QED) is 0.325. The number of allylic oxidation sites excluding steroid dienone is 3. The molecule has 3 nitrogen and oxygen atoms in total. The normalized spacial score (nSPS) is 30.0. The zero-order chi connectivity index (χ0) is 25.2. The molecule has 5 unspecified atom stereocenters. The number of hydrogen-bond acceptors (Lipinski definition) is 3. The van der Waals surface area contributed by atoms with E-state index >= 15 is 0 Å². The zero-order valence-electron chi connectivity index (χ0n) is 22.7. The molecule has 0 radical (unpaired) electrons. The third-order valence-corrected chi connectivity index (χ3v) is 9.12. The second kappa shape index (κ2) is 10.8. The molecule has 0 aromatic heterocycles. The maximum atomic E-state index is 10.3. The van der Waals surface area contributed by atoms with Crippen LogP contribution in [0.15, 0.2) is 35.5 Å². The van der Waals surface area contributed by atoms with Crippen LogP contribution in [0, 0.1) is 28.6 Å². The molecule has 190 valence electrons. The standard InChI is InChI=1S/C30H52O3/c1-10-11-23(13-12-22-18-26(31)20(2)27(32)19-22)25-15-14-24(30(25,8)9)21(3)28(4,5)16-17-29(6,7)33/h12-13,21,24-27,31-33H,2,10-11,14-19H2,1,3-9H3. The highest BCUT2D eigenvalue weighted by Gasteiger charge is 2.49. The molecule has 2 fully saturated rings. The fourth-order valence-electron chi connectivity index (χ4n) is 6.39. The van der Waals surface area contributed by atoms with E-state index in [9.17, 15) is 15.3 Å². The van der Waals surface area contributed by atoms with Crippen molar-refractivity contribution in [3.8, 4) is 0 Å². The van der Waals surface area contributed by atoms with Crippen molar-refractivity contribution in [2.45, 2.75) is 125 Å². The maximum absolute atomic E-state index is 10.3. The van der Waals surface area contributed by atoms with Gasteiger partial charge in [0.15, 0.2) is 0 Å². The average Bonchev–Trinajstić information content (AvgIpc) is 3.01. The van der Waals surface area contributed by atoms with Crippen molar-refractivity contribution in [1.82, 2.24) is 0 Å². The van der Waals surface area contributed by atoms with E-state index in [-0.39, 0.29) is 10.8 Å². The van der Waals surface area contributed by atoms with Crippen LogP contribution in [-0.4, -0.2) is 33.1 Å². The minimum absolute atomic E-state index is 0.185. The molecule has 0 aromatic carbocycles. The average molecular weight is 461 g/mol. The molecule has 2 aliphatic rings. The van der Waals surface area contributed by atoms with Gasteiger partial charge in [-0.1, -0.05) is 77.8 Å².